The first-order chi connectivity index (χ1) is 16.7. The highest BCUT2D eigenvalue weighted by Gasteiger charge is 2.48. The van der Waals surface area contributed by atoms with Gasteiger partial charge in [-0.15, -0.1) is 0 Å². The summed E-state index contributed by atoms with van der Waals surface area (Å²) >= 11 is 0. The maximum atomic E-state index is 13.4. The van der Waals surface area contributed by atoms with Crippen molar-refractivity contribution in [3.05, 3.63) is 94.6 Å². The number of aliphatic hydroxyl groups is 1. The normalized spacial score (nSPS) is 17.2. The van der Waals surface area contributed by atoms with E-state index in [0.717, 1.165) is 11.1 Å². The first-order valence-corrected chi connectivity index (χ1v) is 11.5. The Hall–Kier alpha value is -4.06. The van der Waals surface area contributed by atoms with Gasteiger partial charge in [-0.25, -0.2) is 0 Å². The van der Waals surface area contributed by atoms with Gasteiger partial charge in [0.1, 0.15) is 17.3 Å². The standard InChI is InChI=1S/C29H29NO5/c1-17(2)35-21-14-12-20(13-15-21)30-26(22-8-6-7-9-24(22)34-5)25(28(32)29(30)33)27(31)23-16-18(3)10-11-19(23)4/h6-17,26,31H,1-5H3/b27-25+. The fraction of sp³-hybridized carbons (Fsp3) is 0.241. The number of para-hydroxylation sites is 1. The Bertz CT molecular complexity index is 1310. The summed E-state index contributed by atoms with van der Waals surface area (Å²) in [6, 6.07) is 19.0. The van der Waals surface area contributed by atoms with Crippen molar-refractivity contribution in [2.75, 3.05) is 12.0 Å². The van der Waals surface area contributed by atoms with E-state index >= 15 is 0 Å². The van der Waals surface area contributed by atoms with Crippen LogP contribution in [0.1, 0.15) is 42.1 Å². The topological polar surface area (TPSA) is 76.1 Å². The molecule has 1 saturated heterocycles. The SMILES string of the molecule is COc1ccccc1C1/C(=C(\O)c2cc(C)ccc2C)C(=O)C(=O)N1c1ccc(OC(C)C)cc1. The van der Waals surface area contributed by atoms with Gasteiger partial charge in [-0.3, -0.25) is 14.5 Å². The van der Waals surface area contributed by atoms with Crippen LogP contribution in [0.25, 0.3) is 5.76 Å². The van der Waals surface area contributed by atoms with E-state index in [-0.39, 0.29) is 17.4 Å². The molecule has 1 amide bonds. The second-order valence-corrected chi connectivity index (χ2v) is 8.89. The van der Waals surface area contributed by atoms with Crippen molar-refractivity contribution in [1.29, 1.82) is 0 Å². The maximum Gasteiger partial charge on any atom is 0.300 e. The Labute approximate surface area is 205 Å². The third-order valence-electron chi connectivity index (χ3n) is 6.01. The lowest BCUT2D eigenvalue weighted by Gasteiger charge is -2.27. The first-order valence-electron chi connectivity index (χ1n) is 11.5. The van der Waals surface area contributed by atoms with Gasteiger partial charge >= 0.3 is 0 Å². The van der Waals surface area contributed by atoms with Gasteiger partial charge < -0.3 is 14.6 Å². The third-order valence-corrected chi connectivity index (χ3v) is 6.01. The van der Waals surface area contributed by atoms with Gasteiger partial charge in [-0.05, 0) is 69.7 Å². The second kappa shape index (κ2) is 9.66. The Morgan fingerprint density at radius 3 is 2.31 bits per heavy atom. The Balaban J connectivity index is 1.94. The fourth-order valence-corrected chi connectivity index (χ4v) is 4.38. The molecule has 1 fully saturated rings. The smallest absolute Gasteiger partial charge is 0.300 e. The molecule has 0 aromatic heterocycles. The molecule has 0 bridgehead atoms. The number of carbonyl (C=O) groups excluding carboxylic acids is 2. The zero-order valence-corrected chi connectivity index (χ0v) is 20.5. The number of hydrogen-bond donors (Lipinski definition) is 1. The summed E-state index contributed by atoms with van der Waals surface area (Å²) in [6.07, 6.45) is 0.00114. The number of benzene rings is 3. The van der Waals surface area contributed by atoms with Gasteiger partial charge in [-0.2, -0.15) is 0 Å². The minimum atomic E-state index is -0.872. The summed E-state index contributed by atoms with van der Waals surface area (Å²) in [4.78, 5) is 28.2. The number of aliphatic hydroxyl groups excluding tert-OH is 1. The Morgan fingerprint density at radius 2 is 1.66 bits per heavy atom. The fourth-order valence-electron chi connectivity index (χ4n) is 4.38. The van der Waals surface area contributed by atoms with Gasteiger partial charge in [0.25, 0.3) is 11.7 Å². The molecule has 4 rings (SSSR count). The number of ether oxygens (including phenoxy) is 2. The summed E-state index contributed by atoms with van der Waals surface area (Å²) in [5, 5.41) is 11.4. The molecule has 3 aromatic rings. The molecule has 1 atom stereocenters. The molecule has 1 heterocycles. The van der Waals surface area contributed by atoms with E-state index in [0.29, 0.717) is 28.3 Å². The van der Waals surface area contributed by atoms with Crippen molar-refractivity contribution in [3.8, 4) is 11.5 Å². The van der Waals surface area contributed by atoms with Crippen molar-refractivity contribution in [1.82, 2.24) is 0 Å². The van der Waals surface area contributed by atoms with Crippen molar-refractivity contribution in [3.63, 3.8) is 0 Å². The van der Waals surface area contributed by atoms with Crippen LogP contribution in [0.4, 0.5) is 5.69 Å². The number of rotatable bonds is 6. The molecule has 1 N–H and O–H groups in total. The predicted octanol–water partition coefficient (Wildman–Crippen LogP) is 5.73. The maximum absolute atomic E-state index is 13.4. The number of hydrogen-bond acceptors (Lipinski definition) is 5. The highest BCUT2D eigenvalue weighted by molar-refractivity contribution is 6.51. The Kier molecular flexibility index (Phi) is 6.65. The molecule has 0 aliphatic carbocycles. The average Bonchev–Trinajstić information content (AvgIpc) is 3.10. The van der Waals surface area contributed by atoms with E-state index in [1.54, 1.807) is 36.4 Å². The van der Waals surface area contributed by atoms with Crippen LogP contribution in [0, 0.1) is 13.8 Å². The summed E-state index contributed by atoms with van der Waals surface area (Å²) in [7, 11) is 1.54. The van der Waals surface area contributed by atoms with Crippen LogP contribution in [0.3, 0.4) is 0 Å². The van der Waals surface area contributed by atoms with Gasteiger partial charge in [0.2, 0.25) is 0 Å². The molecule has 6 heteroatoms. The number of nitrogens with zero attached hydrogens (tertiary/aromatic N) is 1. The van der Waals surface area contributed by atoms with Crippen LogP contribution in [-0.4, -0.2) is 30.0 Å². The summed E-state index contributed by atoms with van der Waals surface area (Å²) in [5.41, 5.74) is 3.39. The van der Waals surface area contributed by atoms with Crippen LogP contribution < -0.4 is 14.4 Å². The van der Waals surface area contributed by atoms with Crippen LogP contribution in [-0.2, 0) is 9.59 Å². The summed E-state index contributed by atoms with van der Waals surface area (Å²) in [5.74, 6) is -0.504. The second-order valence-electron chi connectivity index (χ2n) is 8.89. The number of aryl methyl sites for hydroxylation is 2. The minimum absolute atomic E-state index is 0.00114. The Morgan fingerprint density at radius 1 is 0.971 bits per heavy atom. The number of anilines is 1. The van der Waals surface area contributed by atoms with E-state index in [1.807, 2.05) is 58.0 Å². The highest BCUT2D eigenvalue weighted by Crippen LogP contribution is 2.45. The van der Waals surface area contributed by atoms with Gasteiger partial charge in [0.05, 0.1) is 24.8 Å². The molecular formula is C29H29NO5. The molecule has 0 saturated carbocycles. The minimum Gasteiger partial charge on any atom is -0.507 e. The summed E-state index contributed by atoms with van der Waals surface area (Å²) in [6.45, 7) is 7.63. The molecule has 1 aliphatic heterocycles. The largest absolute Gasteiger partial charge is 0.507 e. The van der Waals surface area contributed by atoms with E-state index in [1.165, 1.54) is 12.0 Å². The number of amides is 1. The van der Waals surface area contributed by atoms with Crippen molar-refractivity contribution >= 4 is 23.1 Å². The zero-order chi connectivity index (χ0) is 25.3. The van der Waals surface area contributed by atoms with Crippen molar-refractivity contribution in [2.24, 2.45) is 0 Å². The molecular weight excluding hydrogens is 442 g/mol. The first kappa shape index (κ1) is 24.1. The molecule has 180 valence electrons. The molecule has 6 nitrogen and oxygen atoms in total. The number of ketones is 1. The van der Waals surface area contributed by atoms with E-state index in [9.17, 15) is 14.7 Å². The van der Waals surface area contributed by atoms with Crippen LogP contribution in [0.5, 0.6) is 11.5 Å². The molecule has 0 radical (unpaired) electrons. The quantitative estimate of drug-likeness (QED) is 0.282. The van der Waals surface area contributed by atoms with Crippen molar-refractivity contribution < 1.29 is 24.2 Å². The van der Waals surface area contributed by atoms with Crippen LogP contribution >= 0.6 is 0 Å². The zero-order valence-electron chi connectivity index (χ0n) is 20.5. The lowest BCUT2D eigenvalue weighted by atomic mass is 9.92. The van der Waals surface area contributed by atoms with Gasteiger partial charge in [0.15, 0.2) is 0 Å². The number of carbonyl (C=O) groups is 2. The molecule has 35 heavy (non-hydrogen) atoms. The van der Waals surface area contributed by atoms with E-state index in [2.05, 4.69) is 0 Å². The van der Waals surface area contributed by atoms with E-state index < -0.39 is 17.7 Å². The van der Waals surface area contributed by atoms with Crippen LogP contribution in [0.15, 0.2) is 72.3 Å². The monoisotopic (exact) mass is 471 g/mol. The lowest BCUT2D eigenvalue weighted by Crippen LogP contribution is -2.29. The summed E-state index contributed by atoms with van der Waals surface area (Å²) < 4.78 is 11.3. The predicted molar refractivity (Wildman–Crippen MR) is 136 cm³/mol. The van der Waals surface area contributed by atoms with Crippen molar-refractivity contribution in [2.45, 2.75) is 39.8 Å². The molecule has 1 unspecified atom stereocenters. The van der Waals surface area contributed by atoms with Crippen LogP contribution in [0.2, 0.25) is 0 Å². The molecule has 0 spiro atoms. The number of Topliss-reactive ketones (excluding diaryl/α,β-unsaturated/α-hetero) is 1. The molecule has 3 aromatic carbocycles. The molecule has 1 aliphatic rings. The third kappa shape index (κ3) is 4.52. The van der Waals surface area contributed by atoms with E-state index in [4.69, 9.17) is 9.47 Å². The number of methoxy groups -OCH3 is 1. The average molecular weight is 472 g/mol. The van der Waals surface area contributed by atoms with Gasteiger partial charge in [0, 0.05) is 16.8 Å². The highest BCUT2D eigenvalue weighted by atomic mass is 16.5. The lowest BCUT2D eigenvalue weighted by molar-refractivity contribution is -0.132. The van der Waals surface area contributed by atoms with Gasteiger partial charge in [-0.1, -0.05) is 35.9 Å².